The number of benzene rings is 9. The van der Waals surface area contributed by atoms with E-state index in [9.17, 15) is 0 Å². The molecular formula is C65H45IrN5+. The van der Waals surface area contributed by atoms with Gasteiger partial charge in [-0.25, -0.2) is 0 Å². The maximum absolute atomic E-state index is 5.45. The van der Waals surface area contributed by atoms with Crippen LogP contribution >= 0.6 is 0 Å². The topological polar surface area (TPSA) is 46.1 Å². The van der Waals surface area contributed by atoms with Gasteiger partial charge in [-0.1, -0.05) is 205 Å². The van der Waals surface area contributed by atoms with Crippen molar-refractivity contribution in [3.63, 3.8) is 0 Å². The molecule has 0 radical (unpaired) electrons. The third-order valence-electron chi connectivity index (χ3n) is 12.2. The Morgan fingerprint density at radius 2 is 0.887 bits per heavy atom. The fourth-order valence-corrected chi connectivity index (χ4v) is 8.98. The molecule has 0 spiro atoms. The second-order valence-electron chi connectivity index (χ2n) is 16.7. The minimum absolute atomic E-state index is 0. The number of pyridine rings is 1. The summed E-state index contributed by atoms with van der Waals surface area (Å²) in [6.45, 7) is 0. The van der Waals surface area contributed by atoms with Crippen LogP contribution in [0, 0.1) is 18.2 Å². The number of rotatable bonds is 10. The molecule has 1 unspecified atom stereocenters. The van der Waals surface area contributed by atoms with Gasteiger partial charge < -0.3 is 9.55 Å². The zero-order valence-corrected chi connectivity index (χ0v) is 40.9. The van der Waals surface area contributed by atoms with Crippen molar-refractivity contribution in [1.29, 1.82) is 0 Å². The van der Waals surface area contributed by atoms with Gasteiger partial charge in [0.25, 0.3) is 0 Å². The monoisotopic (exact) mass is 1090 g/mol. The fraction of sp³-hybridized carbons (Fsp3) is 0.0154. The molecule has 6 heteroatoms. The molecule has 338 valence electrons. The van der Waals surface area contributed by atoms with Gasteiger partial charge in [0.2, 0.25) is 6.04 Å². The van der Waals surface area contributed by atoms with Gasteiger partial charge in [-0.15, -0.1) is 89.5 Å². The van der Waals surface area contributed by atoms with Crippen molar-refractivity contribution < 1.29 is 24.8 Å². The molecule has 2 aromatic heterocycles. The van der Waals surface area contributed by atoms with Crippen molar-refractivity contribution in [2.24, 2.45) is 5.11 Å². The summed E-state index contributed by atoms with van der Waals surface area (Å²) in [5.41, 5.74) is 16.2. The first-order chi connectivity index (χ1) is 34.8. The van der Waals surface area contributed by atoms with E-state index >= 15 is 0 Å². The van der Waals surface area contributed by atoms with Crippen LogP contribution in [0.5, 0.6) is 0 Å². The van der Waals surface area contributed by atoms with Crippen LogP contribution in [0.4, 0.5) is 5.69 Å². The van der Waals surface area contributed by atoms with Gasteiger partial charge in [0, 0.05) is 27.5 Å². The maximum atomic E-state index is 5.45. The normalized spacial score (nSPS) is 12.8. The summed E-state index contributed by atoms with van der Waals surface area (Å²) in [6.07, 6.45) is 0. The molecule has 9 aromatic carbocycles. The molecule has 5 nitrogen and oxygen atoms in total. The smallest absolute Gasteiger partial charge is 0.345 e. The number of hydrogen-bond acceptors (Lipinski definition) is 3. The number of nitrogens with zero attached hydrogens (tertiary/aromatic N) is 5. The molecule has 0 bridgehead atoms. The Kier molecular flexibility index (Phi) is 14.1. The van der Waals surface area contributed by atoms with Crippen molar-refractivity contribution in [3.8, 4) is 62.1 Å². The molecule has 11 aromatic rings. The van der Waals surface area contributed by atoms with Crippen LogP contribution in [0.15, 0.2) is 272 Å². The van der Waals surface area contributed by atoms with E-state index in [4.69, 9.17) is 10.1 Å². The Bertz CT molecular complexity index is 3490. The SMILES string of the molecule is [Ir+3].[c-]1c(-c2nc(-c3ccccc3)c(-c3ccccc3)n2-c2ccccc2)cccc1[N+]1=NC(c2ccccc2)=C(c2ccccc2)C1c1ccccc1.[c-]1ccccc1-c1cccc(-c2[c-]cccc2)n1. The Labute approximate surface area is 428 Å². The molecule has 0 saturated heterocycles. The van der Waals surface area contributed by atoms with Gasteiger partial charge in [0.05, 0.1) is 22.8 Å². The van der Waals surface area contributed by atoms with Crippen molar-refractivity contribution in [3.05, 3.63) is 302 Å². The summed E-state index contributed by atoms with van der Waals surface area (Å²) in [5, 5.41) is 5.43. The maximum Gasteiger partial charge on any atom is 3.00 e. The molecule has 1 aliphatic rings. The number of aromatic nitrogens is 3. The first kappa shape index (κ1) is 46.1. The fourth-order valence-electron chi connectivity index (χ4n) is 8.98. The second kappa shape index (κ2) is 21.7. The summed E-state index contributed by atoms with van der Waals surface area (Å²) < 4.78 is 4.40. The van der Waals surface area contributed by atoms with E-state index in [-0.39, 0.29) is 26.1 Å². The van der Waals surface area contributed by atoms with Crippen molar-refractivity contribution in [2.75, 3.05) is 0 Å². The molecule has 1 atom stereocenters. The molecule has 0 fully saturated rings. The van der Waals surface area contributed by atoms with Crippen molar-refractivity contribution >= 4 is 17.0 Å². The van der Waals surface area contributed by atoms with E-state index < -0.39 is 0 Å². The summed E-state index contributed by atoms with van der Waals surface area (Å²) in [6, 6.07) is 101. The molecule has 3 heterocycles. The predicted molar refractivity (Wildman–Crippen MR) is 283 cm³/mol. The zero-order valence-electron chi connectivity index (χ0n) is 38.6. The van der Waals surface area contributed by atoms with Crippen LogP contribution in [0.2, 0.25) is 0 Å². The molecule has 12 rings (SSSR count). The molecule has 71 heavy (non-hydrogen) atoms. The van der Waals surface area contributed by atoms with Crippen LogP contribution in [0.1, 0.15) is 22.7 Å². The van der Waals surface area contributed by atoms with E-state index in [0.29, 0.717) is 0 Å². The van der Waals surface area contributed by atoms with E-state index in [1.165, 1.54) is 0 Å². The van der Waals surface area contributed by atoms with Gasteiger partial charge in [-0.05, 0) is 34.6 Å². The minimum atomic E-state index is -0.182. The number of hydrogen-bond donors (Lipinski definition) is 0. The van der Waals surface area contributed by atoms with E-state index in [1.807, 2.05) is 84.9 Å². The van der Waals surface area contributed by atoms with E-state index in [2.05, 4.69) is 214 Å². The average molecular weight is 1090 g/mol. The molecular weight excluding hydrogens is 1040 g/mol. The van der Waals surface area contributed by atoms with Crippen LogP contribution in [-0.2, 0) is 20.1 Å². The summed E-state index contributed by atoms with van der Waals surface area (Å²) >= 11 is 0. The third-order valence-corrected chi connectivity index (χ3v) is 12.2. The van der Waals surface area contributed by atoms with Gasteiger partial charge in [-0.3, -0.25) is 4.98 Å². The van der Waals surface area contributed by atoms with Crippen LogP contribution in [0.25, 0.3) is 73.4 Å². The average Bonchev–Trinajstić information content (AvgIpc) is 4.07. The van der Waals surface area contributed by atoms with Crippen molar-refractivity contribution in [2.45, 2.75) is 6.04 Å². The number of para-hydroxylation sites is 1. The standard InChI is InChI=1S/C48H34N4.C17H11N.Ir/c1-7-20-35(21-8-1)43-44(36-22-9-2-10-23-36)50-52(46(43)38-26-13-4-14-27-38)42-33-19-30-40(34-42)48-49-45(37-24-11-3-12-25-37)47(39-28-15-5-16-29-39)51(48)41-31-17-6-18-32-41;1-3-8-14(9-4-1)16-12-7-13-17(18-16)15-10-5-2-6-11-15;/h1-33,46H;1-8,10,12-13H;/q;-2;+3. The molecule has 0 aliphatic carbocycles. The summed E-state index contributed by atoms with van der Waals surface area (Å²) in [5.74, 6) is 0.806. The largest absolute Gasteiger partial charge is 3.00 e. The third kappa shape index (κ3) is 9.95. The predicted octanol–water partition coefficient (Wildman–Crippen LogP) is 16.1. The second-order valence-corrected chi connectivity index (χ2v) is 16.7. The quantitative estimate of drug-likeness (QED) is 0.101. The Morgan fingerprint density at radius 3 is 1.45 bits per heavy atom. The summed E-state index contributed by atoms with van der Waals surface area (Å²) in [4.78, 5) is 10.1. The van der Waals surface area contributed by atoms with Crippen LogP contribution in [0.3, 0.4) is 0 Å². The van der Waals surface area contributed by atoms with Crippen LogP contribution in [-0.4, -0.2) is 19.2 Å². The minimum Gasteiger partial charge on any atom is -0.345 e. The van der Waals surface area contributed by atoms with E-state index in [0.717, 1.165) is 95.8 Å². The first-order valence-electron chi connectivity index (χ1n) is 23.4. The van der Waals surface area contributed by atoms with Crippen molar-refractivity contribution in [1.82, 2.24) is 14.5 Å². The molecule has 1 aliphatic heterocycles. The first-order valence-corrected chi connectivity index (χ1v) is 23.4. The molecule has 0 amide bonds. The number of imidazole rings is 1. The zero-order chi connectivity index (χ0) is 46.9. The number of azo groups is 2. The Hall–Kier alpha value is -8.67. The molecule has 0 saturated carbocycles. The Morgan fingerprint density at radius 1 is 0.408 bits per heavy atom. The van der Waals surface area contributed by atoms with Gasteiger partial charge in [-0.2, -0.15) is 0 Å². The van der Waals surface area contributed by atoms with Gasteiger partial charge in [0.15, 0.2) is 5.69 Å². The van der Waals surface area contributed by atoms with E-state index in [1.54, 1.807) is 0 Å². The molecule has 0 N–H and O–H groups in total. The van der Waals surface area contributed by atoms with Gasteiger partial charge in [0.1, 0.15) is 5.70 Å². The Balaban J connectivity index is 0.000000257. The van der Waals surface area contributed by atoms with Gasteiger partial charge >= 0.3 is 20.1 Å². The van der Waals surface area contributed by atoms with Crippen LogP contribution < -0.4 is 0 Å². The summed E-state index contributed by atoms with van der Waals surface area (Å²) in [7, 11) is 0.